The van der Waals surface area contributed by atoms with Gasteiger partial charge in [0.1, 0.15) is 11.2 Å². The Morgan fingerprint density at radius 2 is 1.44 bits per heavy atom. The molecule has 0 aromatic heterocycles. The molecule has 1 aliphatic carbocycles. The van der Waals surface area contributed by atoms with E-state index in [-0.39, 0.29) is 22.7 Å². The first kappa shape index (κ1) is 21.7. The van der Waals surface area contributed by atoms with Crippen LogP contribution in [0.3, 0.4) is 0 Å². The average Bonchev–Trinajstić information content (AvgIpc) is 3.15. The van der Waals surface area contributed by atoms with E-state index >= 15 is 0 Å². The molecule has 0 spiro atoms. The van der Waals surface area contributed by atoms with Crippen molar-refractivity contribution in [3.05, 3.63) is 71.4 Å². The summed E-state index contributed by atoms with van der Waals surface area (Å²) in [7, 11) is 0. The Morgan fingerprint density at radius 1 is 0.852 bits per heavy atom. The predicted octanol–water partition coefficient (Wildman–Crippen LogP) is 6.22. The standard InChI is InChI=1S/C25H36O2/c1-19(2)11-8-9-12-20(3)13-10-14-21(4)15-16-25-23(5,6)17-22(26)18-24(25,7)27-25/h8-16,22,26H,17-18H2,1-7H3/b9-8+,13-10+,16-15+,20-12+,21-14-/t22-,24+,25-/m0/s1. The fourth-order valence-electron chi connectivity index (χ4n) is 4.24. The molecule has 0 bridgehead atoms. The highest BCUT2D eigenvalue weighted by Crippen LogP contribution is 2.66. The minimum Gasteiger partial charge on any atom is -0.393 e. The summed E-state index contributed by atoms with van der Waals surface area (Å²) in [6, 6.07) is 0. The van der Waals surface area contributed by atoms with Crippen LogP contribution in [-0.4, -0.2) is 22.4 Å². The van der Waals surface area contributed by atoms with Crippen molar-refractivity contribution in [1.29, 1.82) is 0 Å². The summed E-state index contributed by atoms with van der Waals surface area (Å²) in [5.74, 6) is 0. The molecule has 1 aliphatic heterocycles. The molecule has 1 saturated heterocycles. The number of allylic oxidation sites excluding steroid dienone is 11. The Bertz CT molecular complexity index is 725. The van der Waals surface area contributed by atoms with Crippen molar-refractivity contribution >= 4 is 0 Å². The molecule has 0 aromatic carbocycles. The summed E-state index contributed by atoms with van der Waals surface area (Å²) >= 11 is 0. The van der Waals surface area contributed by atoms with E-state index in [1.807, 2.05) is 0 Å². The van der Waals surface area contributed by atoms with Crippen LogP contribution in [0.15, 0.2) is 71.4 Å². The van der Waals surface area contributed by atoms with Crippen molar-refractivity contribution in [3.8, 4) is 0 Å². The van der Waals surface area contributed by atoms with E-state index in [0.717, 1.165) is 6.42 Å². The van der Waals surface area contributed by atoms with E-state index in [1.54, 1.807) is 0 Å². The first-order chi connectivity index (χ1) is 12.5. The normalized spacial score (nSPS) is 33.7. The van der Waals surface area contributed by atoms with Crippen LogP contribution in [0.2, 0.25) is 0 Å². The molecule has 1 saturated carbocycles. The van der Waals surface area contributed by atoms with Crippen molar-refractivity contribution < 1.29 is 9.84 Å². The van der Waals surface area contributed by atoms with Gasteiger partial charge in [0.25, 0.3) is 0 Å². The van der Waals surface area contributed by atoms with Gasteiger partial charge in [-0.1, -0.05) is 79.2 Å². The summed E-state index contributed by atoms with van der Waals surface area (Å²) in [6.07, 6.45) is 20.2. The summed E-state index contributed by atoms with van der Waals surface area (Å²) in [5, 5.41) is 10.1. The SMILES string of the molecule is CC(C)=C/C=C/C=C(C)/C=C/C=C(C)\C=C\[C@@]12O[C@]1(C)C[C@@H](O)CC2(C)C. The van der Waals surface area contributed by atoms with Gasteiger partial charge in [-0.3, -0.25) is 0 Å². The van der Waals surface area contributed by atoms with Gasteiger partial charge in [0.2, 0.25) is 0 Å². The van der Waals surface area contributed by atoms with Crippen LogP contribution in [0.25, 0.3) is 0 Å². The van der Waals surface area contributed by atoms with Gasteiger partial charge in [0.15, 0.2) is 0 Å². The van der Waals surface area contributed by atoms with Crippen molar-refractivity contribution in [3.63, 3.8) is 0 Å². The fraction of sp³-hybridized carbons (Fsp3) is 0.520. The fourth-order valence-corrected chi connectivity index (χ4v) is 4.24. The third-order valence-electron chi connectivity index (χ3n) is 5.71. The van der Waals surface area contributed by atoms with E-state index in [1.165, 1.54) is 16.7 Å². The molecule has 2 nitrogen and oxygen atoms in total. The van der Waals surface area contributed by atoms with E-state index in [4.69, 9.17) is 4.74 Å². The lowest BCUT2D eigenvalue weighted by Gasteiger charge is -2.39. The first-order valence-electron chi connectivity index (χ1n) is 9.92. The second-order valence-electron chi connectivity index (χ2n) is 9.16. The Labute approximate surface area is 165 Å². The lowest BCUT2D eigenvalue weighted by molar-refractivity contribution is 0.0515. The van der Waals surface area contributed by atoms with Crippen molar-refractivity contribution in [2.45, 2.75) is 78.6 Å². The molecule has 3 atom stereocenters. The topological polar surface area (TPSA) is 32.8 Å². The third kappa shape index (κ3) is 5.00. The van der Waals surface area contributed by atoms with Crippen molar-refractivity contribution in [1.82, 2.24) is 0 Å². The van der Waals surface area contributed by atoms with Crippen LogP contribution in [0, 0.1) is 5.41 Å². The minimum atomic E-state index is -0.269. The van der Waals surface area contributed by atoms with Gasteiger partial charge >= 0.3 is 0 Å². The van der Waals surface area contributed by atoms with Crippen molar-refractivity contribution in [2.75, 3.05) is 0 Å². The molecular weight excluding hydrogens is 332 g/mol. The Balaban J connectivity index is 2.01. The van der Waals surface area contributed by atoms with E-state index in [0.29, 0.717) is 6.42 Å². The minimum absolute atomic E-state index is 0.0665. The van der Waals surface area contributed by atoms with Crippen LogP contribution < -0.4 is 0 Å². The first-order valence-corrected chi connectivity index (χ1v) is 9.92. The molecule has 27 heavy (non-hydrogen) atoms. The molecule has 2 fully saturated rings. The summed E-state index contributed by atoms with van der Waals surface area (Å²) in [4.78, 5) is 0. The maximum Gasteiger partial charge on any atom is 0.121 e. The van der Waals surface area contributed by atoms with Gasteiger partial charge < -0.3 is 9.84 Å². The second kappa shape index (κ2) is 8.16. The molecule has 0 aromatic rings. The number of epoxide rings is 1. The van der Waals surface area contributed by atoms with Gasteiger partial charge in [0.05, 0.1) is 6.10 Å². The third-order valence-corrected chi connectivity index (χ3v) is 5.71. The number of aliphatic hydroxyl groups excluding tert-OH is 1. The molecule has 1 heterocycles. The molecular formula is C25H36O2. The monoisotopic (exact) mass is 368 g/mol. The van der Waals surface area contributed by atoms with Crippen LogP contribution >= 0.6 is 0 Å². The van der Waals surface area contributed by atoms with E-state index < -0.39 is 0 Å². The highest BCUT2D eigenvalue weighted by Gasteiger charge is 2.74. The lowest BCUT2D eigenvalue weighted by atomic mass is 9.63. The molecule has 0 radical (unpaired) electrons. The average molecular weight is 369 g/mol. The Hall–Kier alpha value is -1.64. The van der Waals surface area contributed by atoms with Crippen LogP contribution in [0.4, 0.5) is 0 Å². The zero-order valence-electron chi connectivity index (χ0n) is 18.0. The lowest BCUT2D eigenvalue weighted by Crippen LogP contribution is -2.46. The van der Waals surface area contributed by atoms with Gasteiger partial charge in [-0.25, -0.2) is 0 Å². The quantitative estimate of drug-likeness (QED) is 0.446. The van der Waals surface area contributed by atoms with Crippen molar-refractivity contribution in [2.24, 2.45) is 5.41 Å². The number of rotatable bonds is 6. The molecule has 2 heteroatoms. The number of ether oxygens (including phenoxy) is 1. The highest BCUT2D eigenvalue weighted by molar-refractivity contribution is 5.36. The zero-order chi connectivity index (χ0) is 20.3. The predicted molar refractivity (Wildman–Crippen MR) is 116 cm³/mol. The Kier molecular flexibility index (Phi) is 6.55. The molecule has 0 unspecified atom stereocenters. The second-order valence-corrected chi connectivity index (χ2v) is 9.16. The van der Waals surface area contributed by atoms with Gasteiger partial charge in [-0.15, -0.1) is 0 Å². The number of hydrogen-bond acceptors (Lipinski definition) is 2. The summed E-state index contributed by atoms with van der Waals surface area (Å²) < 4.78 is 6.19. The van der Waals surface area contributed by atoms with Crippen LogP contribution in [-0.2, 0) is 4.74 Å². The number of hydrogen-bond donors (Lipinski definition) is 1. The van der Waals surface area contributed by atoms with Gasteiger partial charge in [-0.05, 0) is 47.1 Å². The smallest absolute Gasteiger partial charge is 0.121 e. The molecule has 1 N–H and O–H groups in total. The zero-order valence-corrected chi connectivity index (χ0v) is 18.0. The van der Waals surface area contributed by atoms with Gasteiger partial charge in [-0.2, -0.15) is 0 Å². The maximum atomic E-state index is 10.1. The molecule has 148 valence electrons. The maximum absolute atomic E-state index is 10.1. The van der Waals surface area contributed by atoms with Gasteiger partial charge in [0, 0.05) is 11.8 Å². The number of aliphatic hydroxyl groups is 1. The largest absolute Gasteiger partial charge is 0.393 e. The highest BCUT2D eigenvalue weighted by atomic mass is 16.6. The van der Waals surface area contributed by atoms with E-state index in [2.05, 4.69) is 103 Å². The van der Waals surface area contributed by atoms with Crippen LogP contribution in [0.5, 0.6) is 0 Å². The number of fused-ring (bicyclic) bond motifs is 1. The summed E-state index contributed by atoms with van der Waals surface area (Å²) in [5.41, 5.74) is 3.13. The molecule has 2 rings (SSSR count). The van der Waals surface area contributed by atoms with E-state index in [9.17, 15) is 5.11 Å². The summed E-state index contributed by atoms with van der Waals surface area (Å²) in [6.45, 7) is 14.9. The Morgan fingerprint density at radius 3 is 2.07 bits per heavy atom. The molecule has 0 amide bonds. The van der Waals surface area contributed by atoms with Crippen LogP contribution in [0.1, 0.15) is 61.3 Å². The molecule has 2 aliphatic rings.